The molecule has 2 aliphatic rings. The summed E-state index contributed by atoms with van der Waals surface area (Å²) in [5, 5.41) is 2.71. The monoisotopic (exact) mass is 839 g/mol. The van der Waals surface area contributed by atoms with Crippen LogP contribution in [0.3, 0.4) is 0 Å². The number of carbonyl (C=O) groups is 3. The van der Waals surface area contributed by atoms with Crippen LogP contribution in [0.5, 0.6) is 0 Å². The predicted octanol–water partition coefficient (Wildman–Crippen LogP) is 8.22. The number of aromatic amines is 2. The molecule has 0 saturated carbocycles. The fourth-order valence-electron chi connectivity index (χ4n) is 7.64. The number of hydrogen-bond donors (Lipinski definition) is 3. The fourth-order valence-corrected chi connectivity index (χ4v) is 7.64. The normalized spacial score (nSPS) is 17.5. The third-order valence-corrected chi connectivity index (χ3v) is 11.0. The number of H-pyrrole nitrogens is 2. The first-order chi connectivity index (χ1) is 25.0. The maximum atomic E-state index is 13.6. The molecule has 11 nitrogen and oxygen atoms in total. The van der Waals surface area contributed by atoms with E-state index in [4.69, 9.17) is 14.7 Å². The van der Waals surface area contributed by atoms with E-state index in [1.807, 2.05) is 36.6 Å². The summed E-state index contributed by atoms with van der Waals surface area (Å²) < 4.78 is 4.77. The number of nitrogens with one attached hydrogen (secondary N) is 3. The van der Waals surface area contributed by atoms with E-state index in [2.05, 4.69) is 83.7 Å². The maximum absolute atomic E-state index is 13.6. The Morgan fingerprint density at radius 1 is 0.661 bits per heavy atom. The standard InChI is InChI=1S/C41H49N7O4.4H2S/c1-23(2)25(5)39(49)47-19-7-9-34(47)37-42-30-17-15-28(21-32(30)44-37)26-11-13-27(14-12-26)29-16-18-31-33(22-29)45-38(43-31)35-10-8-20-48(35)40(50)36(24(3)4)46-41(51)52-6;;;;/h11-18,21-25,34-36H,7-10,19-20H2,1-6H3,(H,42,44)(H,43,45)(H,46,51);4*1H2/t25-,34-,35-,36-;;;;/m0..../s1. The Kier molecular flexibility index (Phi) is 16.3. The average molecular weight is 840 g/mol. The number of benzene rings is 3. The molecule has 2 saturated heterocycles. The number of imidazole rings is 2. The van der Waals surface area contributed by atoms with Crippen molar-refractivity contribution in [1.82, 2.24) is 35.1 Å². The molecule has 0 aliphatic carbocycles. The lowest BCUT2D eigenvalue weighted by atomic mass is 9.96. The Hall–Kier alpha value is -3.79. The summed E-state index contributed by atoms with van der Waals surface area (Å²) in [7, 11) is 1.30. The molecule has 3 aromatic carbocycles. The van der Waals surface area contributed by atoms with Gasteiger partial charge in [0, 0.05) is 19.0 Å². The van der Waals surface area contributed by atoms with Crippen molar-refractivity contribution in [3.05, 3.63) is 72.3 Å². The van der Waals surface area contributed by atoms with Gasteiger partial charge in [0.05, 0.1) is 41.3 Å². The summed E-state index contributed by atoms with van der Waals surface area (Å²) in [5.41, 5.74) is 7.96. The Morgan fingerprint density at radius 3 is 1.50 bits per heavy atom. The zero-order chi connectivity index (χ0) is 36.7. The number of likely N-dealkylation sites (tertiary alicyclic amines) is 2. The Bertz CT molecular complexity index is 2120. The summed E-state index contributed by atoms with van der Waals surface area (Å²) in [6, 6.07) is 20.1. The molecule has 56 heavy (non-hydrogen) atoms. The van der Waals surface area contributed by atoms with Crippen molar-refractivity contribution in [2.24, 2.45) is 17.8 Å². The number of aromatic nitrogens is 4. The van der Waals surface area contributed by atoms with Crippen molar-refractivity contribution in [2.75, 3.05) is 20.2 Å². The lowest BCUT2D eigenvalue weighted by molar-refractivity contribution is -0.137. The molecule has 5 aromatic rings. The number of carbonyl (C=O) groups excluding carboxylic acids is 3. The van der Waals surface area contributed by atoms with Crippen molar-refractivity contribution < 1.29 is 19.1 Å². The van der Waals surface area contributed by atoms with Crippen molar-refractivity contribution in [2.45, 2.75) is 78.4 Å². The van der Waals surface area contributed by atoms with Gasteiger partial charge in [0.15, 0.2) is 0 Å². The van der Waals surface area contributed by atoms with Gasteiger partial charge in [-0.25, -0.2) is 14.8 Å². The number of hydrogen-bond acceptors (Lipinski definition) is 6. The predicted molar refractivity (Wildman–Crippen MR) is 244 cm³/mol. The zero-order valence-electron chi connectivity index (χ0n) is 32.9. The van der Waals surface area contributed by atoms with Crippen LogP contribution in [0, 0.1) is 17.8 Å². The van der Waals surface area contributed by atoms with Crippen molar-refractivity contribution in [1.29, 1.82) is 0 Å². The zero-order valence-corrected chi connectivity index (χ0v) is 36.9. The van der Waals surface area contributed by atoms with E-state index in [-0.39, 0.29) is 89.7 Å². The van der Waals surface area contributed by atoms with Crippen molar-refractivity contribution in [3.63, 3.8) is 0 Å². The fraction of sp³-hybridized carbons (Fsp3) is 0.439. The van der Waals surface area contributed by atoms with Crippen LogP contribution < -0.4 is 5.32 Å². The molecule has 2 aliphatic heterocycles. The Balaban J connectivity index is 0.00000210. The van der Waals surface area contributed by atoms with Crippen LogP contribution in [-0.2, 0) is 14.3 Å². The highest BCUT2D eigenvalue weighted by molar-refractivity contribution is 7.59. The van der Waals surface area contributed by atoms with Gasteiger partial charge in [-0.3, -0.25) is 9.59 Å². The number of rotatable bonds is 9. The molecule has 0 bridgehead atoms. The third kappa shape index (κ3) is 9.32. The second kappa shape index (κ2) is 19.6. The minimum Gasteiger partial charge on any atom is -0.453 e. The highest BCUT2D eigenvalue weighted by Crippen LogP contribution is 2.36. The maximum Gasteiger partial charge on any atom is 0.407 e. The molecule has 0 radical (unpaired) electrons. The van der Waals surface area contributed by atoms with Gasteiger partial charge in [0.2, 0.25) is 11.8 Å². The molecule has 304 valence electrons. The van der Waals surface area contributed by atoms with Gasteiger partial charge in [0.1, 0.15) is 17.7 Å². The summed E-state index contributed by atoms with van der Waals surface area (Å²) in [6.07, 6.45) is 2.95. The second-order valence-electron chi connectivity index (χ2n) is 15.1. The van der Waals surface area contributed by atoms with Gasteiger partial charge in [0.25, 0.3) is 0 Å². The molecule has 2 aromatic heterocycles. The first kappa shape index (κ1) is 46.6. The molecule has 0 spiro atoms. The molecule has 4 atom stereocenters. The molecule has 3 amide bonds. The largest absolute Gasteiger partial charge is 0.453 e. The van der Waals surface area contributed by atoms with Gasteiger partial charge in [-0.2, -0.15) is 54.0 Å². The van der Waals surface area contributed by atoms with Crippen LogP contribution in [0.25, 0.3) is 44.3 Å². The van der Waals surface area contributed by atoms with E-state index in [1.165, 1.54) is 7.11 Å². The summed E-state index contributed by atoms with van der Waals surface area (Å²) in [5.74, 6) is 1.90. The van der Waals surface area contributed by atoms with E-state index in [0.29, 0.717) is 12.5 Å². The van der Waals surface area contributed by atoms with E-state index in [9.17, 15) is 14.4 Å². The smallest absolute Gasteiger partial charge is 0.407 e. The van der Waals surface area contributed by atoms with Crippen LogP contribution in [0.15, 0.2) is 60.7 Å². The van der Waals surface area contributed by atoms with Gasteiger partial charge >= 0.3 is 6.09 Å². The van der Waals surface area contributed by atoms with Crippen LogP contribution >= 0.6 is 54.0 Å². The first-order valence-corrected chi connectivity index (χ1v) is 18.6. The lowest BCUT2D eigenvalue weighted by Gasteiger charge is -2.29. The quantitative estimate of drug-likeness (QED) is 0.137. The third-order valence-electron chi connectivity index (χ3n) is 11.0. The SMILES string of the molecule is COC(=O)N[C@H](C(=O)N1CCC[C@H]1c1nc2ccc(-c3ccc(-c4ccc5nc([C@@H]6CCCN6C(=O)[C@@H](C)C(C)C)[nH]c5c4)cc3)cc2[nH]1)C(C)C.S.S.S.S. The molecule has 7 rings (SSSR count). The summed E-state index contributed by atoms with van der Waals surface area (Å²) >= 11 is 0. The second-order valence-corrected chi connectivity index (χ2v) is 15.1. The number of ether oxygens (including phenoxy) is 1. The van der Waals surface area contributed by atoms with Crippen LogP contribution in [0.4, 0.5) is 4.79 Å². The van der Waals surface area contributed by atoms with Crippen LogP contribution in [-0.4, -0.2) is 73.9 Å². The van der Waals surface area contributed by atoms with E-state index in [0.717, 1.165) is 88.2 Å². The van der Waals surface area contributed by atoms with E-state index >= 15 is 0 Å². The first-order valence-electron chi connectivity index (χ1n) is 18.6. The number of fused-ring (bicyclic) bond motifs is 2. The van der Waals surface area contributed by atoms with Crippen molar-refractivity contribution >= 4 is 94.0 Å². The highest BCUT2D eigenvalue weighted by Gasteiger charge is 2.38. The number of alkyl carbamates (subject to hydrolysis) is 1. The number of methoxy groups -OCH3 is 1. The number of nitrogens with zero attached hydrogens (tertiary/aromatic N) is 4. The topological polar surface area (TPSA) is 136 Å². The minimum absolute atomic E-state index is 0. The molecule has 0 unspecified atom stereocenters. The Labute approximate surface area is 357 Å². The Morgan fingerprint density at radius 2 is 1.09 bits per heavy atom. The van der Waals surface area contributed by atoms with Gasteiger partial charge in [-0.05, 0) is 84.0 Å². The summed E-state index contributed by atoms with van der Waals surface area (Å²) in [6.45, 7) is 11.4. The van der Waals surface area contributed by atoms with Crippen LogP contribution in [0.1, 0.15) is 84.0 Å². The van der Waals surface area contributed by atoms with E-state index in [1.54, 1.807) is 0 Å². The summed E-state index contributed by atoms with van der Waals surface area (Å²) in [4.78, 5) is 59.5. The lowest BCUT2D eigenvalue weighted by Crippen LogP contribution is -2.51. The van der Waals surface area contributed by atoms with Crippen LogP contribution in [0.2, 0.25) is 0 Å². The molecule has 3 N–H and O–H groups in total. The van der Waals surface area contributed by atoms with Gasteiger partial charge < -0.3 is 29.8 Å². The molecular formula is C41H57N7O4S4. The van der Waals surface area contributed by atoms with Gasteiger partial charge in [-0.1, -0.05) is 71.0 Å². The molecule has 4 heterocycles. The highest BCUT2D eigenvalue weighted by atomic mass is 32.1. The molecular weight excluding hydrogens is 783 g/mol. The van der Waals surface area contributed by atoms with Gasteiger partial charge in [-0.15, -0.1) is 0 Å². The van der Waals surface area contributed by atoms with Crippen molar-refractivity contribution in [3.8, 4) is 22.3 Å². The molecule has 15 heteroatoms. The average Bonchev–Trinajstić information content (AvgIpc) is 3.97. The van der Waals surface area contributed by atoms with E-state index < -0.39 is 12.1 Å². The molecule has 2 fully saturated rings. The minimum atomic E-state index is -0.677. The number of amides is 3.